The molecule has 1 aliphatic carbocycles. The number of imide groups is 1. The van der Waals surface area contributed by atoms with Gasteiger partial charge in [0, 0.05) is 17.2 Å². The van der Waals surface area contributed by atoms with Crippen molar-refractivity contribution in [2.45, 2.75) is 31.2 Å². The van der Waals surface area contributed by atoms with Crippen LogP contribution in [0.25, 0.3) is 0 Å². The van der Waals surface area contributed by atoms with Crippen LogP contribution in [0, 0.1) is 19.8 Å². The van der Waals surface area contributed by atoms with E-state index in [1.54, 1.807) is 30.3 Å². The number of carbonyl (C=O) groups excluding carboxylic acids is 2. The van der Waals surface area contributed by atoms with Crippen molar-refractivity contribution in [2.75, 3.05) is 5.32 Å². The molecule has 5 nitrogen and oxygen atoms in total. The molecule has 0 spiro atoms. The number of rotatable bonds is 4. The van der Waals surface area contributed by atoms with E-state index in [0.717, 1.165) is 11.1 Å². The van der Waals surface area contributed by atoms with Gasteiger partial charge < -0.3 is 10.1 Å². The fourth-order valence-electron chi connectivity index (χ4n) is 2.78. The van der Waals surface area contributed by atoms with E-state index in [1.165, 1.54) is 0 Å². The van der Waals surface area contributed by atoms with Crippen LogP contribution >= 0.6 is 23.2 Å². The third-order valence-electron chi connectivity index (χ3n) is 4.63. The van der Waals surface area contributed by atoms with E-state index in [1.807, 2.05) is 32.9 Å². The van der Waals surface area contributed by atoms with Crippen molar-refractivity contribution in [1.82, 2.24) is 5.32 Å². The molecule has 142 valence electrons. The van der Waals surface area contributed by atoms with Crippen LogP contribution in [0.15, 0.2) is 42.5 Å². The molecule has 2 atom stereocenters. The summed E-state index contributed by atoms with van der Waals surface area (Å²) in [5.41, 5.74) is 2.61. The number of halogens is 2. The van der Waals surface area contributed by atoms with Crippen LogP contribution in [0.3, 0.4) is 0 Å². The molecule has 1 aliphatic rings. The van der Waals surface area contributed by atoms with Crippen LogP contribution in [0.2, 0.25) is 0 Å². The lowest BCUT2D eigenvalue weighted by Gasteiger charge is -2.12. The van der Waals surface area contributed by atoms with Crippen LogP contribution in [0.1, 0.15) is 28.4 Å². The highest BCUT2D eigenvalue weighted by Crippen LogP contribution is 2.55. The molecule has 0 saturated heterocycles. The molecule has 2 N–H and O–H groups in total. The van der Waals surface area contributed by atoms with Crippen molar-refractivity contribution in [3.63, 3.8) is 0 Å². The Morgan fingerprint density at radius 1 is 1.07 bits per heavy atom. The molecule has 1 saturated carbocycles. The van der Waals surface area contributed by atoms with E-state index in [4.69, 9.17) is 27.9 Å². The van der Waals surface area contributed by atoms with E-state index in [9.17, 15) is 9.59 Å². The minimum atomic E-state index is -0.862. The van der Waals surface area contributed by atoms with Crippen molar-refractivity contribution < 1.29 is 14.3 Å². The fraction of sp³-hybridized carbons (Fsp3) is 0.300. The number of carbonyl (C=O) groups is 2. The van der Waals surface area contributed by atoms with E-state index < -0.39 is 16.3 Å². The Balaban J connectivity index is 1.61. The molecule has 27 heavy (non-hydrogen) atoms. The molecule has 7 heteroatoms. The number of anilines is 1. The Morgan fingerprint density at radius 3 is 2.33 bits per heavy atom. The molecular formula is C20H20Cl2N2O3. The molecule has 3 rings (SSSR count). The van der Waals surface area contributed by atoms with Crippen LogP contribution in [0.5, 0.6) is 5.75 Å². The van der Waals surface area contributed by atoms with Gasteiger partial charge in [-0.2, -0.15) is 0 Å². The molecule has 0 bridgehead atoms. The van der Waals surface area contributed by atoms with Crippen LogP contribution in [-0.2, 0) is 0 Å². The van der Waals surface area contributed by atoms with Gasteiger partial charge in [0.15, 0.2) is 4.33 Å². The van der Waals surface area contributed by atoms with Crippen LogP contribution in [-0.4, -0.2) is 22.4 Å². The normalized spacial score (nSPS) is 19.9. The Hall–Kier alpha value is -2.24. The average molecular weight is 407 g/mol. The highest BCUT2D eigenvalue weighted by Gasteiger charge is 2.63. The quantitative estimate of drug-likeness (QED) is 0.713. The predicted octanol–water partition coefficient (Wildman–Crippen LogP) is 4.84. The predicted molar refractivity (Wildman–Crippen MR) is 107 cm³/mol. The number of benzene rings is 2. The van der Waals surface area contributed by atoms with E-state index in [-0.39, 0.29) is 12.0 Å². The number of amides is 3. The second-order valence-electron chi connectivity index (χ2n) is 6.71. The molecule has 0 heterocycles. The zero-order valence-electron chi connectivity index (χ0n) is 15.2. The molecule has 0 aliphatic heterocycles. The lowest BCUT2D eigenvalue weighted by Crippen LogP contribution is -2.34. The van der Waals surface area contributed by atoms with Crippen molar-refractivity contribution in [2.24, 2.45) is 5.92 Å². The van der Waals surface area contributed by atoms with Gasteiger partial charge in [0.1, 0.15) is 11.9 Å². The maximum Gasteiger partial charge on any atom is 0.326 e. The van der Waals surface area contributed by atoms with Gasteiger partial charge in [-0.25, -0.2) is 4.79 Å². The maximum atomic E-state index is 12.2. The molecule has 0 radical (unpaired) electrons. The van der Waals surface area contributed by atoms with Gasteiger partial charge in [-0.15, -0.1) is 0 Å². The third-order valence-corrected chi connectivity index (χ3v) is 5.75. The van der Waals surface area contributed by atoms with Crippen molar-refractivity contribution in [3.8, 4) is 5.75 Å². The van der Waals surface area contributed by atoms with Gasteiger partial charge in [-0.05, 0) is 49.2 Å². The van der Waals surface area contributed by atoms with E-state index in [2.05, 4.69) is 10.6 Å². The number of ether oxygens (including phenoxy) is 1. The average Bonchev–Trinajstić information content (AvgIpc) is 3.07. The van der Waals surface area contributed by atoms with Gasteiger partial charge in [-0.1, -0.05) is 48.3 Å². The third kappa shape index (κ3) is 4.20. The SMILES string of the molecule is Cc1cc(NC(=O)NC(=O)c2ccccc2C)ccc1OC1C(C)C1(Cl)Cl. The smallest absolute Gasteiger partial charge is 0.326 e. The standard InChI is InChI=1S/C20H20Cl2N2O3/c1-11-6-4-5-7-15(11)18(25)24-19(26)23-14-8-9-16(12(2)10-14)27-17-13(3)20(17,21)22/h4-10,13,17H,1-3H3,(H2,23,24,25,26). The topological polar surface area (TPSA) is 67.4 Å². The lowest BCUT2D eigenvalue weighted by atomic mass is 10.1. The van der Waals surface area contributed by atoms with E-state index in [0.29, 0.717) is 17.0 Å². The summed E-state index contributed by atoms with van der Waals surface area (Å²) < 4.78 is 4.97. The first-order chi connectivity index (χ1) is 12.7. The molecule has 0 aromatic heterocycles. The van der Waals surface area contributed by atoms with Gasteiger partial charge in [0.05, 0.1) is 0 Å². The monoisotopic (exact) mass is 406 g/mol. The summed E-state index contributed by atoms with van der Waals surface area (Å²) >= 11 is 12.2. The highest BCUT2D eigenvalue weighted by molar-refractivity contribution is 6.51. The molecule has 2 aromatic carbocycles. The first-order valence-electron chi connectivity index (χ1n) is 8.53. The number of hydrogen-bond acceptors (Lipinski definition) is 3. The number of alkyl halides is 2. The summed E-state index contributed by atoms with van der Waals surface area (Å²) in [5, 5.41) is 4.97. The largest absolute Gasteiger partial charge is 0.487 e. The zero-order valence-corrected chi connectivity index (χ0v) is 16.7. The lowest BCUT2D eigenvalue weighted by molar-refractivity contribution is 0.0966. The summed E-state index contributed by atoms with van der Waals surface area (Å²) in [6.07, 6.45) is -0.256. The first kappa shape index (κ1) is 19.5. The second kappa shape index (κ2) is 7.41. The Bertz CT molecular complexity index is 899. The number of aryl methyl sites for hydroxylation is 2. The molecule has 2 unspecified atom stereocenters. The summed E-state index contributed by atoms with van der Waals surface area (Å²) in [6.45, 7) is 5.59. The molecule has 1 fully saturated rings. The van der Waals surface area contributed by atoms with Gasteiger partial charge in [-0.3, -0.25) is 10.1 Å². The van der Waals surface area contributed by atoms with Crippen molar-refractivity contribution in [1.29, 1.82) is 0 Å². The maximum absolute atomic E-state index is 12.2. The number of nitrogens with one attached hydrogen (secondary N) is 2. The number of hydrogen-bond donors (Lipinski definition) is 2. The van der Waals surface area contributed by atoms with Gasteiger partial charge >= 0.3 is 6.03 Å². The summed E-state index contributed by atoms with van der Waals surface area (Å²) in [5.74, 6) is 0.249. The molecular weight excluding hydrogens is 387 g/mol. The highest BCUT2D eigenvalue weighted by atomic mass is 35.5. The minimum Gasteiger partial charge on any atom is -0.487 e. The number of urea groups is 1. The van der Waals surface area contributed by atoms with Gasteiger partial charge in [0.2, 0.25) is 0 Å². The Kier molecular flexibility index (Phi) is 5.36. The van der Waals surface area contributed by atoms with Crippen LogP contribution < -0.4 is 15.4 Å². The molecule has 3 amide bonds. The summed E-state index contributed by atoms with van der Waals surface area (Å²) in [6, 6.07) is 11.6. The van der Waals surface area contributed by atoms with Crippen molar-refractivity contribution >= 4 is 40.8 Å². The van der Waals surface area contributed by atoms with Gasteiger partial charge in [0.25, 0.3) is 5.91 Å². The Labute approximate surface area is 168 Å². The second-order valence-corrected chi connectivity index (χ2v) is 8.15. The minimum absolute atomic E-state index is 0.0521. The van der Waals surface area contributed by atoms with Crippen LogP contribution in [0.4, 0.5) is 10.5 Å². The summed E-state index contributed by atoms with van der Waals surface area (Å²) in [7, 11) is 0. The fourth-order valence-corrected chi connectivity index (χ4v) is 3.35. The van der Waals surface area contributed by atoms with E-state index >= 15 is 0 Å². The first-order valence-corrected chi connectivity index (χ1v) is 9.29. The zero-order chi connectivity index (χ0) is 19.8. The Morgan fingerprint density at radius 2 is 1.74 bits per heavy atom. The van der Waals surface area contributed by atoms with Crippen molar-refractivity contribution in [3.05, 3.63) is 59.2 Å². The summed E-state index contributed by atoms with van der Waals surface area (Å²) in [4.78, 5) is 24.3. The molecule has 2 aromatic rings.